The van der Waals surface area contributed by atoms with Crippen molar-refractivity contribution in [2.45, 2.75) is 13.3 Å². The summed E-state index contributed by atoms with van der Waals surface area (Å²) in [6.07, 6.45) is 0.827. The van der Waals surface area contributed by atoms with Crippen LogP contribution in [0.3, 0.4) is 0 Å². The third kappa shape index (κ3) is 2.50. The Morgan fingerprint density at radius 3 is 2.50 bits per heavy atom. The molecule has 0 saturated heterocycles. The van der Waals surface area contributed by atoms with Crippen molar-refractivity contribution in [3.63, 3.8) is 0 Å². The number of carbonyl (C=O) groups excluding carboxylic acids is 1. The lowest BCUT2D eigenvalue weighted by Gasteiger charge is -2.08. The Hall–Kier alpha value is -1.12. The van der Waals surface area contributed by atoms with E-state index in [-0.39, 0.29) is 5.78 Å². The quantitative estimate of drug-likeness (QED) is 0.735. The monoisotopic (exact) mass is 322 g/mol. The number of benzene rings is 2. The lowest BCUT2D eigenvalue weighted by atomic mass is 9.97. The van der Waals surface area contributed by atoms with E-state index in [1.807, 2.05) is 43.3 Å². The Labute approximate surface area is 120 Å². The van der Waals surface area contributed by atoms with Gasteiger partial charge in [0.15, 0.2) is 5.78 Å². The molecule has 92 valence electrons. The molecule has 0 bridgehead atoms. The molecule has 1 nitrogen and oxygen atoms in total. The minimum Gasteiger partial charge on any atom is -0.289 e. The van der Waals surface area contributed by atoms with Gasteiger partial charge < -0.3 is 0 Å². The summed E-state index contributed by atoms with van der Waals surface area (Å²) in [5.41, 5.74) is 2.30. The van der Waals surface area contributed by atoms with Gasteiger partial charge in [-0.25, -0.2) is 0 Å². The van der Waals surface area contributed by atoms with Gasteiger partial charge >= 0.3 is 0 Å². The number of rotatable bonds is 3. The number of hydrogen-bond donors (Lipinski definition) is 0. The molecule has 0 aliphatic rings. The average molecular weight is 324 g/mol. The second-order valence-corrected chi connectivity index (χ2v) is 5.17. The summed E-state index contributed by atoms with van der Waals surface area (Å²) < 4.78 is 0.740. The van der Waals surface area contributed by atoms with Crippen LogP contribution in [0.5, 0.6) is 0 Å². The maximum absolute atomic E-state index is 12.5. The first-order valence-corrected chi connectivity index (χ1v) is 6.89. The van der Waals surface area contributed by atoms with E-state index < -0.39 is 0 Å². The van der Waals surface area contributed by atoms with E-state index in [2.05, 4.69) is 15.9 Å². The van der Waals surface area contributed by atoms with Crippen molar-refractivity contribution in [3.8, 4) is 0 Å². The fourth-order valence-corrected chi connectivity index (χ4v) is 2.45. The summed E-state index contributed by atoms with van der Waals surface area (Å²) >= 11 is 9.50. The van der Waals surface area contributed by atoms with Crippen LogP contribution in [0.1, 0.15) is 28.4 Å². The smallest absolute Gasteiger partial charge is 0.194 e. The highest BCUT2D eigenvalue weighted by Crippen LogP contribution is 2.28. The van der Waals surface area contributed by atoms with Crippen molar-refractivity contribution < 1.29 is 4.79 Å². The first-order chi connectivity index (χ1) is 8.65. The molecule has 0 saturated carbocycles. The Morgan fingerprint density at radius 1 is 1.11 bits per heavy atom. The van der Waals surface area contributed by atoms with Crippen LogP contribution in [0.15, 0.2) is 46.9 Å². The van der Waals surface area contributed by atoms with Crippen LogP contribution in [-0.4, -0.2) is 5.78 Å². The molecule has 3 heteroatoms. The third-order valence-electron chi connectivity index (χ3n) is 2.84. The van der Waals surface area contributed by atoms with Crippen molar-refractivity contribution in [2.24, 2.45) is 0 Å². The van der Waals surface area contributed by atoms with Crippen LogP contribution in [-0.2, 0) is 6.42 Å². The van der Waals surface area contributed by atoms with Gasteiger partial charge in [-0.1, -0.05) is 48.9 Å². The Bertz CT molecular complexity index is 593. The molecule has 0 unspecified atom stereocenters. The maximum atomic E-state index is 12.5. The van der Waals surface area contributed by atoms with Crippen LogP contribution in [0.2, 0.25) is 5.02 Å². The molecule has 0 heterocycles. The normalized spacial score (nSPS) is 10.4. The number of ketones is 1. The molecule has 0 fully saturated rings. The van der Waals surface area contributed by atoms with Crippen LogP contribution < -0.4 is 0 Å². The largest absolute Gasteiger partial charge is 0.289 e. The molecule has 0 aromatic heterocycles. The van der Waals surface area contributed by atoms with Crippen LogP contribution >= 0.6 is 27.5 Å². The molecule has 18 heavy (non-hydrogen) atoms. The van der Waals surface area contributed by atoms with E-state index in [1.54, 1.807) is 6.07 Å². The predicted octanol–water partition coefficient (Wildman–Crippen LogP) is 4.90. The van der Waals surface area contributed by atoms with Crippen molar-refractivity contribution >= 4 is 33.3 Å². The summed E-state index contributed by atoms with van der Waals surface area (Å²) in [6.45, 7) is 2.04. The average Bonchev–Trinajstić information content (AvgIpc) is 2.41. The summed E-state index contributed by atoms with van der Waals surface area (Å²) in [6, 6.07) is 13.0. The molecule has 0 spiro atoms. The Balaban J connectivity index is 2.52. The van der Waals surface area contributed by atoms with E-state index in [4.69, 9.17) is 11.6 Å². The number of halogens is 2. The summed E-state index contributed by atoms with van der Waals surface area (Å²) in [5, 5.41) is 0.466. The molecule has 0 atom stereocenters. The lowest BCUT2D eigenvalue weighted by molar-refractivity contribution is 0.103. The second-order valence-electron chi connectivity index (χ2n) is 3.94. The highest BCUT2D eigenvalue weighted by atomic mass is 79.9. The molecule has 0 aliphatic heterocycles. The summed E-state index contributed by atoms with van der Waals surface area (Å²) in [5.74, 6) is -0.0289. The molecule has 2 rings (SSSR count). The third-order valence-corrected chi connectivity index (χ3v) is 4.14. The molecule has 2 aromatic rings. The minimum atomic E-state index is -0.0289. The van der Waals surface area contributed by atoms with Crippen molar-refractivity contribution in [1.29, 1.82) is 0 Å². The topological polar surface area (TPSA) is 17.1 Å². The Kier molecular flexibility index (Phi) is 4.20. The molecule has 0 aliphatic carbocycles. The molecule has 0 radical (unpaired) electrons. The second kappa shape index (κ2) is 5.68. The van der Waals surface area contributed by atoms with Crippen molar-refractivity contribution in [1.82, 2.24) is 0 Å². The fourth-order valence-electron chi connectivity index (χ4n) is 1.87. The van der Waals surface area contributed by atoms with E-state index in [0.29, 0.717) is 10.6 Å². The van der Waals surface area contributed by atoms with Crippen LogP contribution in [0.25, 0.3) is 0 Å². The molecular formula is C15H12BrClO. The van der Waals surface area contributed by atoms with Crippen LogP contribution in [0, 0.1) is 0 Å². The molecule has 0 amide bonds. The minimum absolute atomic E-state index is 0.0289. The van der Waals surface area contributed by atoms with Gasteiger partial charge in [0.05, 0.1) is 5.02 Å². The number of hydrogen-bond acceptors (Lipinski definition) is 1. The van der Waals surface area contributed by atoms with E-state index in [0.717, 1.165) is 22.0 Å². The highest BCUT2D eigenvalue weighted by molar-refractivity contribution is 9.10. The van der Waals surface area contributed by atoms with Gasteiger partial charge in [0.2, 0.25) is 0 Å². The van der Waals surface area contributed by atoms with Gasteiger partial charge in [0.25, 0.3) is 0 Å². The van der Waals surface area contributed by atoms with Gasteiger partial charge in [-0.3, -0.25) is 4.79 Å². The lowest BCUT2D eigenvalue weighted by Crippen LogP contribution is -2.05. The first-order valence-electron chi connectivity index (χ1n) is 5.71. The maximum Gasteiger partial charge on any atom is 0.194 e. The summed E-state index contributed by atoms with van der Waals surface area (Å²) in [4.78, 5) is 12.5. The number of aryl methyl sites for hydroxylation is 1. The molecular weight excluding hydrogens is 312 g/mol. The fraction of sp³-hybridized carbons (Fsp3) is 0.133. The predicted molar refractivity (Wildman–Crippen MR) is 78.4 cm³/mol. The van der Waals surface area contributed by atoms with E-state index in [1.165, 1.54) is 0 Å². The van der Waals surface area contributed by atoms with Gasteiger partial charge in [0.1, 0.15) is 0 Å². The Morgan fingerprint density at radius 2 is 1.78 bits per heavy atom. The summed E-state index contributed by atoms with van der Waals surface area (Å²) in [7, 11) is 0. The van der Waals surface area contributed by atoms with Gasteiger partial charge in [-0.15, -0.1) is 0 Å². The van der Waals surface area contributed by atoms with E-state index in [9.17, 15) is 4.79 Å². The molecule has 2 aromatic carbocycles. The SMILES string of the molecule is CCc1ccccc1C(=O)c1cccc(Br)c1Cl. The van der Waals surface area contributed by atoms with Gasteiger partial charge in [-0.2, -0.15) is 0 Å². The molecule has 0 N–H and O–H groups in total. The highest BCUT2D eigenvalue weighted by Gasteiger charge is 2.16. The first kappa shape index (κ1) is 13.3. The van der Waals surface area contributed by atoms with E-state index >= 15 is 0 Å². The van der Waals surface area contributed by atoms with Crippen LogP contribution in [0.4, 0.5) is 0 Å². The number of carbonyl (C=O) groups is 1. The van der Waals surface area contributed by atoms with Gasteiger partial charge in [-0.05, 0) is 40.0 Å². The van der Waals surface area contributed by atoms with Gasteiger partial charge in [0, 0.05) is 15.6 Å². The zero-order valence-electron chi connectivity index (χ0n) is 9.91. The standard InChI is InChI=1S/C15H12BrClO/c1-2-10-6-3-4-7-11(10)15(18)12-8-5-9-13(16)14(12)17/h3-9H,2H2,1H3. The van der Waals surface area contributed by atoms with Crippen molar-refractivity contribution in [2.75, 3.05) is 0 Å². The zero-order valence-corrected chi connectivity index (χ0v) is 12.3. The zero-order chi connectivity index (χ0) is 13.1. The van der Waals surface area contributed by atoms with Crippen molar-refractivity contribution in [3.05, 3.63) is 68.7 Å².